The van der Waals surface area contributed by atoms with E-state index in [0.29, 0.717) is 6.04 Å². The molecule has 1 N–H and O–H groups in total. The Morgan fingerprint density at radius 2 is 1.95 bits per heavy atom. The van der Waals surface area contributed by atoms with Crippen molar-refractivity contribution in [3.8, 4) is 5.75 Å². The van der Waals surface area contributed by atoms with Crippen LogP contribution in [-0.4, -0.2) is 37.7 Å². The fourth-order valence-electron chi connectivity index (χ4n) is 2.76. The highest BCUT2D eigenvalue weighted by molar-refractivity contribution is 5.29. The third-order valence-electron chi connectivity index (χ3n) is 3.95. The first-order chi connectivity index (χ1) is 9.54. The summed E-state index contributed by atoms with van der Waals surface area (Å²) in [7, 11) is 2.21. The van der Waals surface area contributed by atoms with Gasteiger partial charge >= 0.3 is 0 Å². The van der Waals surface area contributed by atoms with Crippen LogP contribution >= 0.6 is 0 Å². The fourth-order valence-corrected chi connectivity index (χ4v) is 2.76. The van der Waals surface area contributed by atoms with Gasteiger partial charge in [0, 0.05) is 12.6 Å². The highest BCUT2D eigenvalue weighted by atomic mass is 16.5. The Hall–Kier alpha value is -1.06. The normalized spacial score (nSPS) is 21.4. The number of benzene rings is 1. The molecule has 1 saturated heterocycles. The SMILES string of the molecule is CC(C)Oc1ccc(C(C)NCC2CCN(C)C2)cc1. The minimum absolute atomic E-state index is 0.232. The molecule has 2 unspecified atom stereocenters. The van der Waals surface area contributed by atoms with Crippen molar-refractivity contribution in [2.24, 2.45) is 5.92 Å². The van der Waals surface area contributed by atoms with Crippen molar-refractivity contribution < 1.29 is 4.74 Å². The molecule has 20 heavy (non-hydrogen) atoms. The quantitative estimate of drug-likeness (QED) is 0.864. The van der Waals surface area contributed by atoms with Crippen LogP contribution in [0.25, 0.3) is 0 Å². The Labute approximate surface area is 123 Å². The van der Waals surface area contributed by atoms with Crippen LogP contribution in [0.2, 0.25) is 0 Å². The Balaban J connectivity index is 1.81. The maximum Gasteiger partial charge on any atom is 0.119 e. The van der Waals surface area contributed by atoms with Crippen molar-refractivity contribution in [3.63, 3.8) is 0 Å². The fraction of sp³-hybridized carbons (Fsp3) is 0.647. The van der Waals surface area contributed by atoms with Crippen LogP contribution in [0.1, 0.15) is 38.8 Å². The van der Waals surface area contributed by atoms with Gasteiger partial charge in [-0.25, -0.2) is 0 Å². The number of rotatable bonds is 6. The van der Waals surface area contributed by atoms with Gasteiger partial charge < -0.3 is 15.0 Å². The summed E-state index contributed by atoms with van der Waals surface area (Å²) in [6.07, 6.45) is 1.55. The van der Waals surface area contributed by atoms with Gasteiger partial charge in [0.2, 0.25) is 0 Å². The molecule has 0 aromatic heterocycles. The van der Waals surface area contributed by atoms with E-state index in [2.05, 4.69) is 62.3 Å². The number of hydrogen-bond donors (Lipinski definition) is 1. The largest absolute Gasteiger partial charge is 0.491 e. The Morgan fingerprint density at radius 3 is 2.50 bits per heavy atom. The van der Waals surface area contributed by atoms with E-state index in [1.807, 2.05) is 0 Å². The molecule has 0 saturated carbocycles. The Kier molecular flexibility index (Phi) is 5.44. The van der Waals surface area contributed by atoms with Gasteiger partial charge in [0.1, 0.15) is 5.75 Å². The van der Waals surface area contributed by atoms with Gasteiger partial charge in [-0.2, -0.15) is 0 Å². The van der Waals surface area contributed by atoms with Gasteiger partial charge in [0.05, 0.1) is 6.10 Å². The van der Waals surface area contributed by atoms with E-state index in [4.69, 9.17) is 4.74 Å². The molecule has 1 aromatic rings. The van der Waals surface area contributed by atoms with Gasteiger partial charge in [-0.3, -0.25) is 0 Å². The van der Waals surface area contributed by atoms with Gasteiger partial charge in [-0.1, -0.05) is 12.1 Å². The lowest BCUT2D eigenvalue weighted by atomic mass is 10.1. The first-order valence-electron chi connectivity index (χ1n) is 7.73. The van der Waals surface area contributed by atoms with Gasteiger partial charge in [0.15, 0.2) is 0 Å². The molecular formula is C17H28N2O. The van der Waals surface area contributed by atoms with E-state index in [1.165, 1.54) is 25.1 Å². The minimum atomic E-state index is 0.232. The second-order valence-electron chi connectivity index (χ2n) is 6.28. The van der Waals surface area contributed by atoms with E-state index in [9.17, 15) is 0 Å². The zero-order valence-electron chi connectivity index (χ0n) is 13.2. The number of nitrogens with one attached hydrogen (secondary N) is 1. The summed E-state index contributed by atoms with van der Waals surface area (Å²) in [5, 5.41) is 3.65. The maximum atomic E-state index is 5.68. The molecule has 112 valence electrons. The third-order valence-corrected chi connectivity index (χ3v) is 3.95. The monoisotopic (exact) mass is 276 g/mol. The van der Waals surface area contributed by atoms with Crippen molar-refractivity contribution in [2.45, 2.75) is 39.3 Å². The molecule has 0 aliphatic carbocycles. The van der Waals surface area contributed by atoms with Crippen LogP contribution in [0.4, 0.5) is 0 Å². The summed E-state index contributed by atoms with van der Waals surface area (Å²) in [6.45, 7) is 9.91. The van der Waals surface area contributed by atoms with Crippen molar-refractivity contribution in [3.05, 3.63) is 29.8 Å². The average molecular weight is 276 g/mol. The van der Waals surface area contributed by atoms with Gasteiger partial charge in [-0.05, 0) is 70.9 Å². The summed E-state index contributed by atoms with van der Waals surface area (Å²) in [4.78, 5) is 2.41. The van der Waals surface area contributed by atoms with E-state index < -0.39 is 0 Å². The molecule has 0 bridgehead atoms. The van der Waals surface area contributed by atoms with E-state index in [0.717, 1.165) is 18.2 Å². The molecule has 1 aliphatic heterocycles. The number of nitrogens with zero attached hydrogens (tertiary/aromatic N) is 1. The molecule has 2 rings (SSSR count). The minimum Gasteiger partial charge on any atom is -0.491 e. The van der Waals surface area contributed by atoms with Crippen LogP contribution in [0, 0.1) is 5.92 Å². The molecule has 0 amide bonds. The number of likely N-dealkylation sites (tertiary alicyclic amines) is 1. The van der Waals surface area contributed by atoms with Gasteiger partial charge in [0.25, 0.3) is 0 Å². The summed E-state index contributed by atoms with van der Waals surface area (Å²) >= 11 is 0. The molecule has 1 aliphatic rings. The molecule has 1 aromatic carbocycles. The smallest absolute Gasteiger partial charge is 0.119 e. The zero-order valence-corrected chi connectivity index (χ0v) is 13.2. The summed E-state index contributed by atoms with van der Waals surface area (Å²) in [5.41, 5.74) is 1.33. The van der Waals surface area contributed by atoms with Crippen molar-refractivity contribution in [2.75, 3.05) is 26.7 Å². The highest BCUT2D eigenvalue weighted by Crippen LogP contribution is 2.20. The molecule has 1 fully saturated rings. The Morgan fingerprint density at radius 1 is 1.25 bits per heavy atom. The lowest BCUT2D eigenvalue weighted by Crippen LogP contribution is -2.27. The average Bonchev–Trinajstić information content (AvgIpc) is 2.82. The second-order valence-corrected chi connectivity index (χ2v) is 6.28. The van der Waals surface area contributed by atoms with Crippen LogP contribution in [-0.2, 0) is 0 Å². The van der Waals surface area contributed by atoms with Crippen LogP contribution in [0.3, 0.4) is 0 Å². The third kappa shape index (κ3) is 4.50. The van der Waals surface area contributed by atoms with Gasteiger partial charge in [-0.15, -0.1) is 0 Å². The second kappa shape index (κ2) is 7.09. The van der Waals surface area contributed by atoms with Crippen LogP contribution < -0.4 is 10.1 Å². The molecule has 2 atom stereocenters. The molecule has 1 heterocycles. The van der Waals surface area contributed by atoms with Crippen molar-refractivity contribution in [1.29, 1.82) is 0 Å². The highest BCUT2D eigenvalue weighted by Gasteiger charge is 2.19. The molecule has 0 radical (unpaired) electrons. The number of ether oxygens (including phenoxy) is 1. The Bertz CT molecular complexity index is 402. The molecule has 0 spiro atoms. The summed E-state index contributed by atoms with van der Waals surface area (Å²) in [5.74, 6) is 1.75. The molecule has 3 heteroatoms. The maximum absolute atomic E-state index is 5.68. The first kappa shape index (κ1) is 15.3. The predicted octanol–water partition coefficient (Wildman–Crippen LogP) is 3.08. The first-order valence-corrected chi connectivity index (χ1v) is 7.73. The van der Waals surface area contributed by atoms with Crippen molar-refractivity contribution in [1.82, 2.24) is 10.2 Å². The number of hydrogen-bond acceptors (Lipinski definition) is 3. The van der Waals surface area contributed by atoms with Crippen LogP contribution in [0.15, 0.2) is 24.3 Å². The summed E-state index contributed by atoms with van der Waals surface area (Å²) < 4.78 is 5.68. The van der Waals surface area contributed by atoms with E-state index in [1.54, 1.807) is 0 Å². The van der Waals surface area contributed by atoms with E-state index >= 15 is 0 Å². The van der Waals surface area contributed by atoms with Crippen molar-refractivity contribution >= 4 is 0 Å². The topological polar surface area (TPSA) is 24.5 Å². The summed E-state index contributed by atoms with van der Waals surface area (Å²) in [6, 6.07) is 8.86. The molecular weight excluding hydrogens is 248 g/mol. The lowest BCUT2D eigenvalue weighted by molar-refractivity contribution is 0.242. The predicted molar refractivity (Wildman–Crippen MR) is 84.2 cm³/mol. The van der Waals surface area contributed by atoms with E-state index in [-0.39, 0.29) is 6.10 Å². The standard InChI is InChI=1S/C17H28N2O/c1-13(2)20-17-7-5-16(6-8-17)14(3)18-11-15-9-10-19(4)12-15/h5-8,13-15,18H,9-12H2,1-4H3. The van der Waals surface area contributed by atoms with Crippen LogP contribution in [0.5, 0.6) is 5.75 Å². The molecule has 3 nitrogen and oxygen atoms in total. The lowest BCUT2D eigenvalue weighted by Gasteiger charge is -2.18. The zero-order chi connectivity index (χ0) is 14.5.